The fourth-order valence-corrected chi connectivity index (χ4v) is 6.84. The second kappa shape index (κ2) is 15.4. The van der Waals surface area contributed by atoms with Gasteiger partial charge >= 0.3 is 0 Å². The Labute approximate surface area is 281 Å². The van der Waals surface area contributed by atoms with Crippen molar-refractivity contribution in [3.05, 3.63) is 119 Å². The van der Waals surface area contributed by atoms with E-state index in [1.54, 1.807) is 60.7 Å². The molecular formula is C36H38ClN3O6S. The maximum atomic E-state index is 14.6. The van der Waals surface area contributed by atoms with E-state index in [2.05, 4.69) is 5.32 Å². The van der Waals surface area contributed by atoms with E-state index in [4.69, 9.17) is 21.1 Å². The first kappa shape index (κ1) is 33.8. The van der Waals surface area contributed by atoms with Gasteiger partial charge in [0, 0.05) is 30.6 Å². The highest BCUT2D eigenvalue weighted by molar-refractivity contribution is 7.92. The summed E-state index contributed by atoms with van der Waals surface area (Å²) >= 11 is 6.57. The van der Waals surface area contributed by atoms with Crippen LogP contribution in [0.2, 0.25) is 5.02 Å². The minimum Gasteiger partial charge on any atom is -0.486 e. The minimum absolute atomic E-state index is 0.0101. The number of fused-ring (bicyclic) bond motifs is 1. The summed E-state index contributed by atoms with van der Waals surface area (Å²) in [5.74, 6) is 0.0938. The summed E-state index contributed by atoms with van der Waals surface area (Å²) in [5.41, 5.74) is 1.68. The Bertz CT molecular complexity index is 1790. The van der Waals surface area contributed by atoms with Crippen LogP contribution in [-0.2, 0) is 32.6 Å². The first-order chi connectivity index (χ1) is 22.6. The van der Waals surface area contributed by atoms with E-state index in [1.807, 2.05) is 44.2 Å². The molecule has 9 nitrogen and oxygen atoms in total. The van der Waals surface area contributed by atoms with E-state index in [9.17, 15) is 18.0 Å². The van der Waals surface area contributed by atoms with E-state index < -0.39 is 28.5 Å². The summed E-state index contributed by atoms with van der Waals surface area (Å²) in [6, 6.07) is 28.2. The summed E-state index contributed by atoms with van der Waals surface area (Å²) in [6.45, 7) is 4.44. The lowest BCUT2D eigenvalue weighted by Gasteiger charge is -2.34. The molecule has 0 fully saturated rings. The SMILES string of the molecule is CC(C)CNC(=O)C(Cc1ccccc1)N(Cc1ccccc1Cl)C(=O)CN(c1ccc2c(c1)OCCO2)S(=O)(=O)c1ccccc1. The summed E-state index contributed by atoms with van der Waals surface area (Å²) in [7, 11) is -4.25. The zero-order chi connectivity index (χ0) is 33.4. The number of amides is 2. The number of nitrogens with zero attached hydrogens (tertiary/aromatic N) is 2. The number of anilines is 1. The third-order valence-electron chi connectivity index (χ3n) is 7.68. The van der Waals surface area contributed by atoms with Crippen molar-refractivity contribution < 1.29 is 27.5 Å². The lowest BCUT2D eigenvalue weighted by Crippen LogP contribution is -2.53. The number of carbonyl (C=O) groups is 2. The summed E-state index contributed by atoms with van der Waals surface area (Å²) in [6.07, 6.45) is 0.205. The van der Waals surface area contributed by atoms with E-state index in [0.717, 1.165) is 9.87 Å². The van der Waals surface area contributed by atoms with Gasteiger partial charge in [-0.05, 0) is 47.4 Å². The predicted molar refractivity (Wildman–Crippen MR) is 182 cm³/mol. The van der Waals surface area contributed by atoms with Crippen molar-refractivity contribution in [2.75, 3.05) is 30.6 Å². The normalized spacial score (nSPS) is 13.1. The molecule has 2 amide bonds. The van der Waals surface area contributed by atoms with Crippen molar-refractivity contribution in [3.63, 3.8) is 0 Å². The third kappa shape index (κ3) is 8.44. The number of rotatable bonds is 13. The molecule has 47 heavy (non-hydrogen) atoms. The van der Waals surface area contributed by atoms with E-state index in [-0.39, 0.29) is 35.4 Å². The minimum atomic E-state index is -4.25. The molecule has 0 saturated carbocycles. The Morgan fingerprint density at radius 3 is 2.17 bits per heavy atom. The molecule has 0 bridgehead atoms. The number of carbonyl (C=O) groups excluding carboxylic acids is 2. The topological polar surface area (TPSA) is 105 Å². The van der Waals surface area contributed by atoms with Crippen LogP contribution in [0.1, 0.15) is 25.0 Å². The van der Waals surface area contributed by atoms with Gasteiger partial charge < -0.3 is 19.7 Å². The molecule has 1 aliphatic rings. The maximum Gasteiger partial charge on any atom is 0.264 e. The highest BCUT2D eigenvalue weighted by atomic mass is 35.5. The van der Waals surface area contributed by atoms with Gasteiger partial charge in [0.15, 0.2) is 11.5 Å². The number of ether oxygens (including phenoxy) is 2. The molecule has 1 atom stereocenters. The Morgan fingerprint density at radius 2 is 1.49 bits per heavy atom. The molecule has 1 aliphatic heterocycles. The van der Waals surface area contributed by atoms with Crippen LogP contribution < -0.4 is 19.1 Å². The van der Waals surface area contributed by atoms with Gasteiger partial charge in [-0.15, -0.1) is 0 Å². The van der Waals surface area contributed by atoms with Crippen LogP contribution >= 0.6 is 11.6 Å². The second-order valence-corrected chi connectivity index (χ2v) is 13.9. The van der Waals surface area contributed by atoms with Gasteiger partial charge in [0.05, 0.1) is 10.6 Å². The highest BCUT2D eigenvalue weighted by Gasteiger charge is 2.35. The van der Waals surface area contributed by atoms with E-state index in [0.29, 0.717) is 41.8 Å². The molecule has 0 aromatic heterocycles. The van der Waals surface area contributed by atoms with Gasteiger partial charge in [0.25, 0.3) is 10.0 Å². The van der Waals surface area contributed by atoms with Crippen molar-refractivity contribution in [2.45, 2.75) is 37.8 Å². The highest BCUT2D eigenvalue weighted by Crippen LogP contribution is 2.36. The number of halogens is 1. The van der Waals surface area contributed by atoms with Crippen LogP contribution in [-0.4, -0.2) is 57.5 Å². The van der Waals surface area contributed by atoms with Gasteiger partial charge in [-0.2, -0.15) is 0 Å². The Morgan fingerprint density at radius 1 is 0.851 bits per heavy atom. The predicted octanol–water partition coefficient (Wildman–Crippen LogP) is 5.72. The number of sulfonamides is 1. The standard InChI is InChI=1S/C36H38ClN3O6S/c1-26(2)23-38-36(42)32(21-27-11-5-3-6-12-27)39(24-28-13-9-10-16-31(28)37)35(41)25-40(47(43,44)30-14-7-4-8-15-30)29-17-18-33-34(22-29)46-20-19-45-33/h3-18,22,26,32H,19-21,23-25H2,1-2H3,(H,38,42). The van der Waals surface area contributed by atoms with Crippen LogP contribution in [0.5, 0.6) is 11.5 Å². The smallest absolute Gasteiger partial charge is 0.264 e. The Hall–Kier alpha value is -4.54. The van der Waals surface area contributed by atoms with Crippen LogP contribution in [0.4, 0.5) is 5.69 Å². The molecule has 1 N–H and O–H groups in total. The average Bonchev–Trinajstić information content (AvgIpc) is 3.08. The van der Waals surface area contributed by atoms with Gasteiger partial charge in [-0.25, -0.2) is 8.42 Å². The first-order valence-corrected chi connectivity index (χ1v) is 17.3. The quantitative estimate of drug-likeness (QED) is 0.194. The van der Waals surface area contributed by atoms with Crippen LogP contribution in [0.3, 0.4) is 0 Å². The van der Waals surface area contributed by atoms with Crippen molar-refractivity contribution in [3.8, 4) is 11.5 Å². The lowest BCUT2D eigenvalue weighted by molar-refractivity contribution is -0.140. The molecule has 11 heteroatoms. The van der Waals surface area contributed by atoms with Gasteiger partial charge in [-0.1, -0.05) is 92.2 Å². The molecule has 1 unspecified atom stereocenters. The molecule has 1 heterocycles. The lowest BCUT2D eigenvalue weighted by atomic mass is 10.0. The molecule has 0 aliphatic carbocycles. The maximum absolute atomic E-state index is 14.6. The molecule has 4 aromatic rings. The Balaban J connectivity index is 1.58. The summed E-state index contributed by atoms with van der Waals surface area (Å²) in [5, 5.41) is 3.41. The number of hydrogen-bond acceptors (Lipinski definition) is 6. The van der Waals surface area contributed by atoms with E-state index >= 15 is 0 Å². The largest absolute Gasteiger partial charge is 0.486 e. The van der Waals surface area contributed by atoms with Crippen molar-refractivity contribution in [1.82, 2.24) is 10.2 Å². The average molecular weight is 676 g/mol. The van der Waals surface area contributed by atoms with Crippen molar-refractivity contribution in [2.24, 2.45) is 5.92 Å². The van der Waals surface area contributed by atoms with Crippen LogP contribution in [0, 0.1) is 5.92 Å². The number of benzene rings is 4. The zero-order valence-electron chi connectivity index (χ0n) is 26.3. The van der Waals surface area contributed by atoms with Gasteiger partial charge in [-0.3, -0.25) is 13.9 Å². The van der Waals surface area contributed by atoms with Gasteiger partial charge in [0.2, 0.25) is 11.8 Å². The summed E-state index contributed by atoms with van der Waals surface area (Å²) < 4.78 is 40.9. The molecule has 5 rings (SSSR count). The van der Waals surface area contributed by atoms with Crippen LogP contribution in [0.15, 0.2) is 108 Å². The fraction of sp³-hybridized carbons (Fsp3) is 0.278. The molecule has 0 spiro atoms. The molecule has 0 saturated heterocycles. The Kier molecular flexibility index (Phi) is 11.1. The molecular weight excluding hydrogens is 638 g/mol. The third-order valence-corrected chi connectivity index (χ3v) is 9.83. The van der Waals surface area contributed by atoms with Crippen LogP contribution in [0.25, 0.3) is 0 Å². The van der Waals surface area contributed by atoms with Crippen molar-refractivity contribution >= 4 is 39.1 Å². The number of hydrogen-bond donors (Lipinski definition) is 1. The summed E-state index contributed by atoms with van der Waals surface area (Å²) in [4.78, 5) is 30.0. The second-order valence-electron chi connectivity index (χ2n) is 11.6. The molecule has 0 radical (unpaired) electrons. The monoisotopic (exact) mass is 675 g/mol. The molecule has 246 valence electrons. The first-order valence-electron chi connectivity index (χ1n) is 15.5. The molecule has 4 aromatic carbocycles. The number of nitrogens with one attached hydrogen (secondary N) is 1. The van der Waals surface area contributed by atoms with Gasteiger partial charge in [0.1, 0.15) is 25.8 Å². The van der Waals surface area contributed by atoms with Crippen molar-refractivity contribution in [1.29, 1.82) is 0 Å². The fourth-order valence-electron chi connectivity index (χ4n) is 5.22. The zero-order valence-corrected chi connectivity index (χ0v) is 27.9. The van der Waals surface area contributed by atoms with E-state index in [1.165, 1.54) is 17.0 Å².